The first kappa shape index (κ1) is 32.7. The number of ether oxygens (including phenoxy) is 8. The number of rotatable bonds is 12. The molecule has 0 spiro atoms. The maximum Gasteiger partial charge on any atom is 0.190 e. The molecule has 5 rings (SSSR count). The van der Waals surface area contributed by atoms with Crippen LogP contribution in [0.4, 0.5) is 0 Å². The van der Waals surface area contributed by atoms with Gasteiger partial charge in [0.1, 0.15) is 48.8 Å². The van der Waals surface area contributed by atoms with Crippen molar-refractivity contribution in [2.45, 2.75) is 101 Å². The molecule has 0 bridgehead atoms. The Morgan fingerprint density at radius 2 is 1.11 bits per heavy atom. The van der Waals surface area contributed by atoms with E-state index in [1.54, 1.807) is 64.1 Å². The third-order valence-electron chi connectivity index (χ3n) is 7.97. The first-order chi connectivity index (χ1) is 20.9. The molecule has 4 aliphatic heterocycles. The third-order valence-corrected chi connectivity index (χ3v) is 7.97. The Balaban J connectivity index is 1.32. The van der Waals surface area contributed by atoms with Crippen molar-refractivity contribution >= 4 is 11.1 Å². The van der Waals surface area contributed by atoms with E-state index in [9.17, 15) is 10.2 Å². The second-order valence-corrected chi connectivity index (χ2v) is 12.0. The van der Waals surface area contributed by atoms with E-state index in [-0.39, 0.29) is 13.2 Å². The Morgan fingerprint density at radius 3 is 1.43 bits per heavy atom. The van der Waals surface area contributed by atoms with Crippen LogP contribution in [0.5, 0.6) is 0 Å². The smallest absolute Gasteiger partial charge is 0.190 e. The Hall–Kier alpha value is -2.66. The van der Waals surface area contributed by atoms with Crippen LogP contribution in [-0.4, -0.2) is 96.4 Å². The predicted molar refractivity (Wildman–Crippen MR) is 161 cm³/mol. The quantitative estimate of drug-likeness (QED) is 0.269. The number of benzene rings is 1. The number of hydrogen-bond acceptors (Lipinski definition) is 10. The Morgan fingerprint density at radius 1 is 0.750 bits per heavy atom. The van der Waals surface area contributed by atoms with Crippen LogP contribution in [-0.2, 0) is 37.9 Å². The molecule has 1 aromatic carbocycles. The van der Waals surface area contributed by atoms with Gasteiger partial charge in [-0.15, -0.1) is 24.6 Å². The minimum atomic E-state index is -1.16. The van der Waals surface area contributed by atoms with Crippen molar-refractivity contribution in [2.75, 3.05) is 13.2 Å². The Kier molecular flexibility index (Phi) is 9.66. The van der Waals surface area contributed by atoms with Gasteiger partial charge in [-0.25, -0.2) is 0 Å². The molecule has 0 aromatic heterocycles. The second-order valence-electron chi connectivity index (χ2n) is 12.0. The van der Waals surface area contributed by atoms with Gasteiger partial charge in [-0.2, -0.15) is 0 Å². The summed E-state index contributed by atoms with van der Waals surface area (Å²) in [6.45, 7) is 22.7. The number of hydrogen-bond donors (Lipinski definition) is 2. The van der Waals surface area contributed by atoms with E-state index in [1.165, 1.54) is 0 Å². The van der Waals surface area contributed by atoms with Crippen molar-refractivity contribution in [3.63, 3.8) is 0 Å². The van der Waals surface area contributed by atoms with Gasteiger partial charge >= 0.3 is 0 Å². The lowest BCUT2D eigenvalue weighted by Gasteiger charge is -2.29. The van der Waals surface area contributed by atoms with E-state index in [2.05, 4.69) is 37.8 Å². The van der Waals surface area contributed by atoms with Crippen LogP contribution in [0, 0.1) is 0 Å². The van der Waals surface area contributed by atoms with Crippen LogP contribution in [0.1, 0.15) is 38.8 Å². The molecular formula is C34H42O10. The molecule has 238 valence electrons. The van der Waals surface area contributed by atoms with Gasteiger partial charge in [0.2, 0.25) is 0 Å². The molecule has 10 heteroatoms. The number of aliphatic hydroxyl groups excluding tert-OH is 2. The molecule has 4 saturated heterocycles. The standard InChI is InChI=1S/C34H42O10/c1-9-17-37-27-25(39-31-29(27)41-33(5,6)43-31)23(35)21(11-3)19-13-15-20(16-14-19)22(12-4)24(36)26-28(38-18-10-2)30-32(40-26)44-34(7,8)42-30/h9-10,13-16,23-32,35-36H,1-4,17-18H2,5-8H3. The van der Waals surface area contributed by atoms with Crippen LogP contribution in [0.2, 0.25) is 0 Å². The lowest BCUT2D eigenvalue weighted by atomic mass is 9.91. The molecule has 4 aliphatic rings. The zero-order chi connectivity index (χ0) is 31.8. The first-order valence-electron chi connectivity index (χ1n) is 14.7. The van der Waals surface area contributed by atoms with Gasteiger partial charge in [0.05, 0.1) is 13.2 Å². The topological polar surface area (TPSA) is 114 Å². The van der Waals surface area contributed by atoms with Crippen LogP contribution in [0.15, 0.2) is 74.2 Å². The molecule has 2 N–H and O–H groups in total. The molecule has 4 heterocycles. The lowest BCUT2D eigenvalue weighted by Crippen LogP contribution is -2.43. The minimum Gasteiger partial charge on any atom is -0.385 e. The summed E-state index contributed by atoms with van der Waals surface area (Å²) in [7, 11) is 0. The fraction of sp³-hybridized carbons (Fsp3) is 0.529. The van der Waals surface area contributed by atoms with Crippen molar-refractivity contribution in [2.24, 2.45) is 0 Å². The molecule has 4 fully saturated rings. The third kappa shape index (κ3) is 6.36. The van der Waals surface area contributed by atoms with E-state index in [0.717, 1.165) is 0 Å². The molecule has 10 unspecified atom stereocenters. The molecule has 1 aromatic rings. The van der Waals surface area contributed by atoms with Crippen molar-refractivity contribution < 1.29 is 48.1 Å². The SMILES string of the molecule is C=C=C(c1ccc(C(=C=C)C(O)C2OC3OC(C)(C)OC3C2OCC=C)cc1)C(O)C1OC2OC(C)(C)OC2C1OCC=C. The van der Waals surface area contributed by atoms with Gasteiger partial charge < -0.3 is 48.1 Å². The Bertz CT molecular complexity index is 1220. The van der Waals surface area contributed by atoms with Crippen LogP contribution in [0.25, 0.3) is 11.1 Å². The zero-order valence-corrected chi connectivity index (χ0v) is 25.6. The van der Waals surface area contributed by atoms with Crippen molar-refractivity contribution in [3.05, 3.63) is 85.3 Å². The monoisotopic (exact) mass is 610 g/mol. The summed E-state index contributed by atoms with van der Waals surface area (Å²) >= 11 is 0. The number of fused-ring (bicyclic) bond motifs is 2. The highest BCUT2D eigenvalue weighted by molar-refractivity contribution is 5.73. The lowest BCUT2D eigenvalue weighted by molar-refractivity contribution is -0.225. The van der Waals surface area contributed by atoms with Gasteiger partial charge in [0, 0.05) is 11.1 Å². The first-order valence-corrected chi connectivity index (χ1v) is 14.7. The van der Waals surface area contributed by atoms with Crippen LogP contribution in [0.3, 0.4) is 0 Å². The summed E-state index contributed by atoms with van der Waals surface area (Å²) in [5.74, 6) is -1.68. The summed E-state index contributed by atoms with van der Waals surface area (Å²) < 4.78 is 47.9. The van der Waals surface area contributed by atoms with Gasteiger partial charge in [-0.1, -0.05) is 49.6 Å². The van der Waals surface area contributed by atoms with Gasteiger partial charge in [-0.05, 0) is 38.8 Å². The van der Waals surface area contributed by atoms with Gasteiger partial charge in [0.25, 0.3) is 0 Å². The summed E-state index contributed by atoms with van der Waals surface area (Å²) in [6.07, 6.45) is -4.40. The van der Waals surface area contributed by atoms with Gasteiger partial charge in [0.15, 0.2) is 24.2 Å². The zero-order valence-electron chi connectivity index (χ0n) is 25.6. The average Bonchev–Trinajstić information content (AvgIpc) is 3.66. The fourth-order valence-corrected chi connectivity index (χ4v) is 6.17. The minimum absolute atomic E-state index is 0.243. The second kappa shape index (κ2) is 13.0. The van der Waals surface area contributed by atoms with Crippen molar-refractivity contribution in [1.29, 1.82) is 0 Å². The molecule has 10 nitrogen and oxygen atoms in total. The summed E-state index contributed by atoms with van der Waals surface area (Å²) in [5.41, 5.74) is 7.81. The molecule has 0 radical (unpaired) electrons. The maximum atomic E-state index is 11.5. The number of aliphatic hydroxyl groups is 2. The molecule has 10 atom stereocenters. The van der Waals surface area contributed by atoms with E-state index in [1.807, 2.05) is 0 Å². The maximum absolute atomic E-state index is 11.5. The highest BCUT2D eigenvalue weighted by atomic mass is 16.9. The molecule has 0 aliphatic carbocycles. The van der Waals surface area contributed by atoms with E-state index in [4.69, 9.17) is 37.9 Å². The van der Waals surface area contributed by atoms with Crippen molar-refractivity contribution in [3.8, 4) is 0 Å². The summed E-state index contributed by atoms with van der Waals surface area (Å²) in [4.78, 5) is 0. The summed E-state index contributed by atoms with van der Waals surface area (Å²) in [6, 6.07) is 7.14. The van der Waals surface area contributed by atoms with E-state index < -0.39 is 73.0 Å². The van der Waals surface area contributed by atoms with Crippen LogP contribution < -0.4 is 0 Å². The van der Waals surface area contributed by atoms with Gasteiger partial charge in [-0.3, -0.25) is 0 Å². The highest BCUT2D eigenvalue weighted by Crippen LogP contribution is 2.43. The van der Waals surface area contributed by atoms with Crippen molar-refractivity contribution in [1.82, 2.24) is 0 Å². The molecule has 44 heavy (non-hydrogen) atoms. The fourth-order valence-electron chi connectivity index (χ4n) is 6.17. The predicted octanol–water partition coefficient (Wildman–Crippen LogP) is 3.64. The molecular weight excluding hydrogens is 568 g/mol. The van der Waals surface area contributed by atoms with Crippen LogP contribution >= 0.6 is 0 Å². The normalized spacial score (nSPS) is 34.3. The molecule has 0 saturated carbocycles. The van der Waals surface area contributed by atoms with E-state index >= 15 is 0 Å². The summed E-state index contributed by atoms with van der Waals surface area (Å²) in [5, 5.41) is 23.0. The highest BCUT2D eigenvalue weighted by Gasteiger charge is 2.58. The average molecular weight is 611 g/mol. The molecule has 0 amide bonds. The largest absolute Gasteiger partial charge is 0.385 e. The van der Waals surface area contributed by atoms with E-state index in [0.29, 0.717) is 22.3 Å². The Labute approximate surface area is 258 Å².